The molecule has 0 unspecified atom stereocenters. The fourth-order valence-corrected chi connectivity index (χ4v) is 7.08. The van der Waals surface area contributed by atoms with Crippen molar-refractivity contribution in [1.29, 1.82) is 0 Å². The van der Waals surface area contributed by atoms with Crippen molar-refractivity contribution in [2.75, 3.05) is 0 Å². The van der Waals surface area contributed by atoms with Crippen molar-refractivity contribution in [1.82, 2.24) is 0 Å². The first-order chi connectivity index (χ1) is 22.8. The van der Waals surface area contributed by atoms with Crippen molar-refractivity contribution in [3.05, 3.63) is 182 Å². The van der Waals surface area contributed by atoms with Gasteiger partial charge in [-0.05, 0) is 106 Å². The fourth-order valence-electron chi connectivity index (χ4n) is 7.08. The Kier molecular flexibility index (Phi) is 6.25. The summed E-state index contributed by atoms with van der Waals surface area (Å²) in [7, 11) is 0. The van der Waals surface area contributed by atoms with Crippen molar-refractivity contribution in [2.24, 2.45) is 0 Å². The molecule has 0 saturated heterocycles. The van der Waals surface area contributed by atoms with E-state index in [1.807, 2.05) is 0 Å². The zero-order valence-corrected chi connectivity index (χ0v) is 25.3. The van der Waals surface area contributed by atoms with Crippen LogP contribution in [0.2, 0.25) is 0 Å². The summed E-state index contributed by atoms with van der Waals surface area (Å²) in [4.78, 5) is 0. The lowest BCUT2D eigenvalue weighted by molar-refractivity contribution is 1.62. The Morgan fingerprint density at radius 1 is 0.217 bits per heavy atom. The van der Waals surface area contributed by atoms with Crippen LogP contribution in [-0.4, -0.2) is 0 Å². The maximum Gasteiger partial charge on any atom is -0.00268 e. The largest absolute Gasteiger partial charge is 0.0622 e. The maximum atomic E-state index is 2.35. The summed E-state index contributed by atoms with van der Waals surface area (Å²) < 4.78 is 0. The van der Waals surface area contributed by atoms with Crippen LogP contribution in [0.25, 0.3) is 87.6 Å². The van der Waals surface area contributed by atoms with Crippen LogP contribution >= 0.6 is 0 Å². The van der Waals surface area contributed by atoms with Crippen LogP contribution in [0, 0.1) is 0 Å². The molecule has 0 saturated carbocycles. The number of hydrogen-bond donors (Lipinski definition) is 0. The van der Waals surface area contributed by atoms with E-state index >= 15 is 0 Å². The standard InChI is InChI=1S/C46H30/c1-2-9-34(10-3-1)44-14-6-12-35-13-7-15-45(46(35)44)41-25-27-43-40(30-41)23-22-39-29-38(24-26-42(39)43)33-18-16-32(17-19-33)37-21-20-31-8-4-5-11-36(31)28-37/h1-30H. The van der Waals surface area contributed by atoms with Crippen LogP contribution < -0.4 is 0 Å². The summed E-state index contributed by atoms with van der Waals surface area (Å²) >= 11 is 0. The van der Waals surface area contributed by atoms with Crippen LogP contribution in [0.3, 0.4) is 0 Å². The van der Waals surface area contributed by atoms with Gasteiger partial charge in [0.15, 0.2) is 0 Å². The van der Waals surface area contributed by atoms with Crippen LogP contribution in [0.4, 0.5) is 0 Å². The van der Waals surface area contributed by atoms with Gasteiger partial charge < -0.3 is 0 Å². The summed E-state index contributed by atoms with van der Waals surface area (Å²) in [5.74, 6) is 0. The van der Waals surface area contributed by atoms with E-state index < -0.39 is 0 Å². The average Bonchev–Trinajstić information content (AvgIpc) is 3.14. The first-order valence-electron chi connectivity index (χ1n) is 15.9. The average molecular weight is 583 g/mol. The molecule has 0 aliphatic rings. The Hall–Kier alpha value is -5.98. The molecule has 0 fully saturated rings. The highest BCUT2D eigenvalue weighted by molar-refractivity contribution is 6.11. The molecule has 0 N–H and O–H groups in total. The van der Waals surface area contributed by atoms with E-state index in [0.29, 0.717) is 0 Å². The molecule has 9 aromatic rings. The molecule has 46 heavy (non-hydrogen) atoms. The Labute approximate surface area is 268 Å². The van der Waals surface area contributed by atoms with Crippen molar-refractivity contribution in [3.8, 4) is 44.5 Å². The van der Waals surface area contributed by atoms with Gasteiger partial charge in [0, 0.05) is 0 Å². The van der Waals surface area contributed by atoms with E-state index in [2.05, 4.69) is 182 Å². The summed E-state index contributed by atoms with van der Waals surface area (Å²) in [6.45, 7) is 0. The number of fused-ring (bicyclic) bond motifs is 5. The molecule has 0 radical (unpaired) electrons. The summed E-state index contributed by atoms with van der Waals surface area (Å²) in [6, 6.07) is 66.5. The highest BCUT2D eigenvalue weighted by atomic mass is 14.2. The lowest BCUT2D eigenvalue weighted by atomic mass is 9.90. The molecule has 0 atom stereocenters. The zero-order chi connectivity index (χ0) is 30.5. The summed E-state index contributed by atoms with van der Waals surface area (Å²) in [6.07, 6.45) is 0. The second kappa shape index (κ2) is 10.9. The zero-order valence-electron chi connectivity index (χ0n) is 25.3. The van der Waals surface area contributed by atoms with Crippen LogP contribution in [0.5, 0.6) is 0 Å². The van der Waals surface area contributed by atoms with Gasteiger partial charge >= 0.3 is 0 Å². The van der Waals surface area contributed by atoms with Crippen LogP contribution in [0.1, 0.15) is 0 Å². The van der Waals surface area contributed by atoms with Gasteiger partial charge in [0.2, 0.25) is 0 Å². The van der Waals surface area contributed by atoms with E-state index in [-0.39, 0.29) is 0 Å². The third kappa shape index (κ3) is 4.55. The molecular weight excluding hydrogens is 553 g/mol. The second-order valence-corrected chi connectivity index (χ2v) is 12.2. The van der Waals surface area contributed by atoms with Crippen molar-refractivity contribution >= 4 is 43.1 Å². The van der Waals surface area contributed by atoms with E-state index in [4.69, 9.17) is 0 Å². The molecule has 0 aliphatic heterocycles. The molecule has 0 aromatic heterocycles. The summed E-state index contributed by atoms with van der Waals surface area (Å²) in [5.41, 5.74) is 9.96. The van der Waals surface area contributed by atoms with Crippen LogP contribution in [-0.2, 0) is 0 Å². The van der Waals surface area contributed by atoms with Gasteiger partial charge in [-0.2, -0.15) is 0 Å². The van der Waals surface area contributed by atoms with Gasteiger partial charge in [0.25, 0.3) is 0 Å². The minimum atomic E-state index is 1.23. The smallest absolute Gasteiger partial charge is 0.00268 e. The number of benzene rings is 9. The highest BCUT2D eigenvalue weighted by Gasteiger charge is 2.12. The predicted octanol–water partition coefficient (Wildman–Crippen LogP) is 13.0. The van der Waals surface area contributed by atoms with E-state index in [1.54, 1.807) is 0 Å². The van der Waals surface area contributed by atoms with Crippen molar-refractivity contribution < 1.29 is 0 Å². The van der Waals surface area contributed by atoms with Crippen LogP contribution in [0.15, 0.2) is 182 Å². The Morgan fingerprint density at radius 3 is 1.35 bits per heavy atom. The Balaban J connectivity index is 1.08. The van der Waals surface area contributed by atoms with Crippen molar-refractivity contribution in [2.45, 2.75) is 0 Å². The molecule has 9 rings (SSSR count). The van der Waals surface area contributed by atoms with E-state index in [1.165, 1.54) is 87.6 Å². The highest BCUT2D eigenvalue weighted by Crippen LogP contribution is 2.39. The van der Waals surface area contributed by atoms with E-state index in [0.717, 1.165) is 0 Å². The maximum absolute atomic E-state index is 2.35. The van der Waals surface area contributed by atoms with E-state index in [9.17, 15) is 0 Å². The molecule has 0 amide bonds. The third-order valence-electron chi connectivity index (χ3n) is 9.44. The van der Waals surface area contributed by atoms with Gasteiger partial charge in [0.05, 0.1) is 0 Å². The van der Waals surface area contributed by atoms with Gasteiger partial charge in [-0.1, -0.05) is 164 Å². The lowest BCUT2D eigenvalue weighted by Crippen LogP contribution is -1.87. The quantitative estimate of drug-likeness (QED) is 0.181. The molecule has 214 valence electrons. The SMILES string of the molecule is c1ccc(-c2cccc3cccc(-c4ccc5c(ccc6cc(-c7ccc(-c8ccc9ccccc9c8)cc7)ccc65)c4)c23)cc1. The molecule has 0 aliphatic carbocycles. The van der Waals surface area contributed by atoms with Gasteiger partial charge in [-0.3, -0.25) is 0 Å². The summed E-state index contributed by atoms with van der Waals surface area (Å²) in [5, 5.41) is 10.2. The van der Waals surface area contributed by atoms with Gasteiger partial charge in [0.1, 0.15) is 0 Å². The minimum absolute atomic E-state index is 1.23. The topological polar surface area (TPSA) is 0 Å². The molecule has 9 aromatic carbocycles. The molecule has 0 spiro atoms. The molecule has 0 heteroatoms. The first-order valence-corrected chi connectivity index (χ1v) is 15.9. The van der Waals surface area contributed by atoms with Crippen molar-refractivity contribution in [3.63, 3.8) is 0 Å². The predicted molar refractivity (Wildman–Crippen MR) is 198 cm³/mol. The first kappa shape index (κ1) is 26.4. The number of hydrogen-bond acceptors (Lipinski definition) is 0. The number of rotatable bonds is 4. The normalized spacial score (nSPS) is 11.5. The molecule has 0 bridgehead atoms. The molecule has 0 heterocycles. The Morgan fingerprint density at radius 2 is 0.674 bits per heavy atom. The fraction of sp³-hybridized carbons (Fsp3) is 0. The van der Waals surface area contributed by atoms with Gasteiger partial charge in [-0.25, -0.2) is 0 Å². The third-order valence-corrected chi connectivity index (χ3v) is 9.44. The Bertz CT molecular complexity index is 2550. The second-order valence-electron chi connectivity index (χ2n) is 12.2. The molecular formula is C46H30. The minimum Gasteiger partial charge on any atom is -0.0622 e. The monoisotopic (exact) mass is 582 g/mol. The lowest BCUT2D eigenvalue weighted by Gasteiger charge is -2.14. The van der Waals surface area contributed by atoms with Gasteiger partial charge in [-0.15, -0.1) is 0 Å². The molecule has 0 nitrogen and oxygen atoms in total.